The maximum absolute atomic E-state index is 2.32. The Morgan fingerprint density at radius 1 is 0.750 bits per heavy atom. The van der Waals surface area contributed by atoms with E-state index >= 15 is 0 Å². The van der Waals surface area contributed by atoms with Crippen LogP contribution in [0.1, 0.15) is 52.4 Å². The molecular weight excluding hydrogens is 144 g/mol. The lowest BCUT2D eigenvalue weighted by Crippen LogP contribution is -1.85. The highest BCUT2D eigenvalue weighted by molar-refractivity contribution is 5.46. The first-order valence-electron chi connectivity index (χ1n) is 5.16. The van der Waals surface area contributed by atoms with E-state index in [-0.39, 0.29) is 0 Å². The lowest BCUT2D eigenvalue weighted by Gasteiger charge is -2.04. The first-order valence-corrected chi connectivity index (χ1v) is 5.16. The first-order chi connectivity index (χ1) is 5.79. The molecule has 2 aliphatic rings. The van der Waals surface area contributed by atoms with Gasteiger partial charge in [0.15, 0.2) is 0 Å². The maximum atomic E-state index is 2.32. The van der Waals surface area contributed by atoms with Crippen molar-refractivity contribution in [2.24, 2.45) is 0 Å². The summed E-state index contributed by atoms with van der Waals surface area (Å²) in [6.07, 6.45) is 8.27. The first kappa shape index (κ1) is 8.10. The minimum Gasteiger partial charge on any atom is -0.0658 e. The lowest BCUT2D eigenvalue weighted by molar-refractivity contribution is 0.715. The zero-order chi connectivity index (χ0) is 8.55. The minimum atomic E-state index is 1.27. The van der Waals surface area contributed by atoms with Crippen LogP contribution in [0.5, 0.6) is 0 Å². The van der Waals surface area contributed by atoms with Crippen molar-refractivity contribution >= 4 is 0 Å². The van der Waals surface area contributed by atoms with Crippen LogP contribution in [-0.4, -0.2) is 0 Å². The average Bonchev–Trinajstić information content (AvgIpc) is 2.29. The average molecular weight is 162 g/mol. The predicted molar refractivity (Wildman–Crippen MR) is 53.1 cm³/mol. The molecule has 0 bridgehead atoms. The molecule has 0 amide bonds. The number of allylic oxidation sites excluding steroid dienone is 4. The Balaban J connectivity index is 2.32. The van der Waals surface area contributed by atoms with Gasteiger partial charge in [0.2, 0.25) is 0 Å². The summed E-state index contributed by atoms with van der Waals surface area (Å²) in [7, 11) is 0. The number of rotatable bonds is 0. The summed E-state index contributed by atoms with van der Waals surface area (Å²) in [5.74, 6) is 0. The Labute approximate surface area is 75.4 Å². The molecule has 0 aliphatic heterocycles. The summed E-state index contributed by atoms with van der Waals surface area (Å²) in [5, 5.41) is 0. The van der Waals surface area contributed by atoms with Gasteiger partial charge in [-0.15, -0.1) is 0 Å². The second-order valence-electron chi connectivity index (χ2n) is 4.26. The van der Waals surface area contributed by atoms with E-state index in [0.29, 0.717) is 0 Å². The van der Waals surface area contributed by atoms with Crippen LogP contribution in [0.2, 0.25) is 0 Å². The highest BCUT2D eigenvalue weighted by atomic mass is 14.3. The van der Waals surface area contributed by atoms with Crippen LogP contribution in [0, 0.1) is 0 Å². The van der Waals surface area contributed by atoms with Crippen molar-refractivity contribution < 1.29 is 0 Å². The molecule has 1 fully saturated rings. The van der Waals surface area contributed by atoms with Gasteiger partial charge in [-0.1, -0.05) is 17.6 Å². The molecule has 0 radical (unpaired) electrons. The van der Waals surface area contributed by atoms with Crippen molar-refractivity contribution in [3.8, 4) is 0 Å². The summed E-state index contributed by atoms with van der Waals surface area (Å²) >= 11 is 0. The zero-order valence-corrected chi connectivity index (χ0v) is 8.24. The van der Waals surface area contributed by atoms with E-state index < -0.39 is 0 Å². The van der Waals surface area contributed by atoms with Gasteiger partial charge in [-0.25, -0.2) is 0 Å². The fourth-order valence-electron chi connectivity index (χ4n) is 2.64. The summed E-state index contributed by atoms with van der Waals surface area (Å²) < 4.78 is 0. The van der Waals surface area contributed by atoms with Crippen molar-refractivity contribution in [1.82, 2.24) is 0 Å². The van der Waals surface area contributed by atoms with Gasteiger partial charge in [0.1, 0.15) is 0 Å². The highest BCUT2D eigenvalue weighted by Crippen LogP contribution is 2.39. The highest BCUT2D eigenvalue weighted by Gasteiger charge is 2.20. The predicted octanol–water partition coefficient (Wildman–Crippen LogP) is 3.99. The van der Waals surface area contributed by atoms with Crippen molar-refractivity contribution in [2.75, 3.05) is 0 Å². The van der Waals surface area contributed by atoms with Crippen LogP contribution in [0.25, 0.3) is 0 Å². The van der Waals surface area contributed by atoms with Crippen LogP contribution >= 0.6 is 0 Å². The van der Waals surface area contributed by atoms with Crippen molar-refractivity contribution in [1.29, 1.82) is 0 Å². The summed E-state index contributed by atoms with van der Waals surface area (Å²) in [5.41, 5.74) is 6.77. The normalized spacial score (nSPS) is 24.5. The largest absolute Gasteiger partial charge is 0.0658 e. The Bertz CT molecular complexity index is 227. The van der Waals surface area contributed by atoms with Crippen molar-refractivity contribution in [2.45, 2.75) is 52.4 Å². The van der Waals surface area contributed by atoms with E-state index in [0.717, 1.165) is 0 Å². The molecule has 0 aromatic heterocycles. The molecule has 0 aromatic rings. The second kappa shape index (κ2) is 3.08. The molecule has 0 unspecified atom stereocenters. The van der Waals surface area contributed by atoms with Crippen LogP contribution in [0.4, 0.5) is 0 Å². The van der Waals surface area contributed by atoms with E-state index in [1.807, 2.05) is 0 Å². The Hall–Kier alpha value is -0.520. The van der Waals surface area contributed by atoms with Crippen LogP contribution < -0.4 is 0 Å². The molecule has 0 N–H and O–H groups in total. The molecule has 12 heavy (non-hydrogen) atoms. The van der Waals surface area contributed by atoms with E-state index in [9.17, 15) is 0 Å². The molecular formula is C12H18. The van der Waals surface area contributed by atoms with Crippen LogP contribution in [0.3, 0.4) is 0 Å². The number of hydrogen-bond acceptors (Lipinski definition) is 0. The fraction of sp³-hybridized carbons (Fsp3) is 0.667. The Kier molecular flexibility index (Phi) is 2.08. The maximum Gasteiger partial charge on any atom is -0.0102 e. The van der Waals surface area contributed by atoms with Gasteiger partial charge in [-0.05, 0) is 57.1 Å². The van der Waals surface area contributed by atoms with Gasteiger partial charge in [-0.2, -0.15) is 0 Å². The third kappa shape index (κ3) is 1.24. The van der Waals surface area contributed by atoms with Gasteiger partial charge in [0.05, 0.1) is 0 Å². The van der Waals surface area contributed by atoms with Crippen molar-refractivity contribution in [3.05, 3.63) is 22.3 Å². The van der Waals surface area contributed by atoms with Crippen LogP contribution in [-0.2, 0) is 0 Å². The molecule has 0 nitrogen and oxygen atoms in total. The van der Waals surface area contributed by atoms with Gasteiger partial charge >= 0.3 is 0 Å². The zero-order valence-electron chi connectivity index (χ0n) is 8.24. The SMILES string of the molecule is CC1=C2CCCCCC2=C(C)C1. The third-order valence-corrected chi connectivity index (χ3v) is 3.28. The lowest BCUT2D eigenvalue weighted by atomic mass is 10.0. The Morgan fingerprint density at radius 2 is 1.25 bits per heavy atom. The van der Waals surface area contributed by atoms with Gasteiger partial charge in [0.25, 0.3) is 0 Å². The molecule has 2 aliphatic carbocycles. The summed E-state index contributed by atoms with van der Waals surface area (Å²) in [6.45, 7) is 4.63. The van der Waals surface area contributed by atoms with Crippen molar-refractivity contribution in [3.63, 3.8) is 0 Å². The van der Waals surface area contributed by atoms with Gasteiger partial charge < -0.3 is 0 Å². The standard InChI is InChI=1S/C12H18/c1-9-8-10(2)12-7-5-3-4-6-11(9)12/h3-8H2,1-2H3. The number of hydrogen-bond donors (Lipinski definition) is 0. The molecule has 66 valence electrons. The fourth-order valence-corrected chi connectivity index (χ4v) is 2.64. The van der Waals surface area contributed by atoms with E-state index in [1.54, 1.807) is 22.3 Å². The smallest absolute Gasteiger partial charge is 0.0102 e. The third-order valence-electron chi connectivity index (χ3n) is 3.28. The monoisotopic (exact) mass is 162 g/mol. The molecule has 0 saturated heterocycles. The van der Waals surface area contributed by atoms with E-state index in [4.69, 9.17) is 0 Å². The quantitative estimate of drug-likeness (QED) is 0.505. The van der Waals surface area contributed by atoms with Gasteiger partial charge in [-0.3, -0.25) is 0 Å². The topological polar surface area (TPSA) is 0 Å². The second-order valence-corrected chi connectivity index (χ2v) is 4.26. The summed E-state index contributed by atoms with van der Waals surface area (Å²) in [6, 6.07) is 0. The number of fused-ring (bicyclic) bond motifs is 1. The Morgan fingerprint density at radius 3 is 1.75 bits per heavy atom. The minimum absolute atomic E-state index is 1.27. The molecule has 0 heteroatoms. The molecule has 0 heterocycles. The molecule has 2 rings (SSSR count). The molecule has 0 spiro atoms. The molecule has 0 atom stereocenters. The summed E-state index contributed by atoms with van der Waals surface area (Å²) in [4.78, 5) is 0. The van der Waals surface area contributed by atoms with E-state index in [2.05, 4.69) is 13.8 Å². The van der Waals surface area contributed by atoms with Crippen LogP contribution in [0.15, 0.2) is 22.3 Å². The van der Waals surface area contributed by atoms with E-state index in [1.165, 1.54) is 38.5 Å². The van der Waals surface area contributed by atoms with Gasteiger partial charge in [0, 0.05) is 0 Å². The molecule has 1 saturated carbocycles. The molecule has 0 aromatic carbocycles.